The predicted octanol–water partition coefficient (Wildman–Crippen LogP) is 2.49. The molecule has 0 rings (SSSR count). The number of likely N-dealkylation sites (N-methyl/N-ethyl adjacent to an activating group) is 1. The van der Waals surface area contributed by atoms with Gasteiger partial charge in [-0.05, 0) is 26.6 Å². The highest BCUT2D eigenvalue weighted by molar-refractivity contribution is 5.02. The predicted molar refractivity (Wildman–Crippen MR) is 49.6 cm³/mol. The van der Waals surface area contributed by atoms with Crippen LogP contribution in [0, 0.1) is 0 Å². The number of rotatable bonds is 3. The van der Waals surface area contributed by atoms with Gasteiger partial charge in [-0.3, -0.25) is 0 Å². The summed E-state index contributed by atoms with van der Waals surface area (Å²) in [6.45, 7) is 6.26. The van der Waals surface area contributed by atoms with E-state index in [4.69, 9.17) is 0 Å². The molecular formula is C9H20FN. The number of hydrogen-bond donors (Lipinski definition) is 0. The van der Waals surface area contributed by atoms with E-state index in [0.717, 1.165) is 12.1 Å². The molecule has 0 saturated carbocycles. The molecule has 2 heteroatoms. The van der Waals surface area contributed by atoms with E-state index in [-0.39, 0.29) is 6.67 Å². The van der Waals surface area contributed by atoms with Gasteiger partial charge >= 0.3 is 0 Å². The van der Waals surface area contributed by atoms with Crippen molar-refractivity contribution in [3.05, 3.63) is 11.6 Å². The summed E-state index contributed by atoms with van der Waals surface area (Å²) in [7, 11) is 3.86. The van der Waals surface area contributed by atoms with Crippen LogP contribution in [0.25, 0.3) is 0 Å². The Bertz CT molecular complexity index is 97.7. The number of nitrogens with zero attached hydrogens (tertiary/aromatic N) is 1. The third-order valence-electron chi connectivity index (χ3n) is 1.10. The molecule has 0 aliphatic carbocycles. The molecule has 0 radical (unpaired) electrons. The quantitative estimate of drug-likeness (QED) is 0.575. The Morgan fingerprint density at radius 3 is 1.91 bits per heavy atom. The lowest BCUT2D eigenvalue weighted by Crippen LogP contribution is -2.15. The van der Waals surface area contributed by atoms with Crippen LogP contribution in [-0.2, 0) is 0 Å². The fourth-order valence-electron chi connectivity index (χ4n) is 0.617. The van der Waals surface area contributed by atoms with Crippen LogP contribution in [0.3, 0.4) is 0 Å². The zero-order valence-electron chi connectivity index (χ0n) is 8.32. The van der Waals surface area contributed by atoms with Crippen molar-refractivity contribution < 1.29 is 4.39 Å². The minimum Gasteiger partial charge on any atom is -0.305 e. The van der Waals surface area contributed by atoms with Gasteiger partial charge < -0.3 is 4.90 Å². The van der Waals surface area contributed by atoms with Gasteiger partial charge in [0.05, 0.1) is 0 Å². The molecule has 0 bridgehead atoms. The van der Waals surface area contributed by atoms with Gasteiger partial charge in [0.1, 0.15) is 6.67 Å². The van der Waals surface area contributed by atoms with E-state index in [2.05, 4.69) is 0 Å². The van der Waals surface area contributed by atoms with Gasteiger partial charge in [-0.1, -0.05) is 19.9 Å². The van der Waals surface area contributed by atoms with Crippen LogP contribution in [0.2, 0.25) is 0 Å². The van der Waals surface area contributed by atoms with Crippen LogP contribution in [0.4, 0.5) is 4.39 Å². The third-order valence-corrected chi connectivity index (χ3v) is 1.10. The summed E-state index contributed by atoms with van der Waals surface area (Å²) >= 11 is 0. The van der Waals surface area contributed by atoms with Crippen molar-refractivity contribution in [3.63, 3.8) is 0 Å². The number of halogens is 1. The molecule has 0 unspecified atom stereocenters. The Kier molecular flexibility index (Phi) is 11.6. The summed E-state index contributed by atoms with van der Waals surface area (Å²) in [5.74, 6) is 0. The molecule has 0 aromatic heterocycles. The average molecular weight is 161 g/mol. The Balaban J connectivity index is 0. The molecule has 0 fully saturated rings. The van der Waals surface area contributed by atoms with Gasteiger partial charge in [-0.15, -0.1) is 0 Å². The van der Waals surface area contributed by atoms with Crippen molar-refractivity contribution >= 4 is 0 Å². The van der Waals surface area contributed by atoms with E-state index in [1.165, 1.54) is 0 Å². The second-order valence-electron chi connectivity index (χ2n) is 2.32. The monoisotopic (exact) mass is 161 g/mol. The fraction of sp³-hybridized carbons (Fsp3) is 0.778. The molecule has 0 aromatic rings. The molecule has 0 heterocycles. The zero-order chi connectivity index (χ0) is 9.28. The molecule has 0 aliphatic rings. The van der Waals surface area contributed by atoms with Crippen molar-refractivity contribution in [1.82, 2.24) is 4.90 Å². The molecule has 0 N–H and O–H groups in total. The summed E-state index contributed by atoms with van der Waals surface area (Å²) in [5.41, 5.74) is 0.847. The highest BCUT2D eigenvalue weighted by Crippen LogP contribution is 1.95. The zero-order valence-corrected chi connectivity index (χ0v) is 8.32. The molecule has 1 nitrogen and oxygen atoms in total. The van der Waals surface area contributed by atoms with Crippen molar-refractivity contribution in [2.75, 3.05) is 27.3 Å². The first-order valence-corrected chi connectivity index (χ1v) is 4.05. The van der Waals surface area contributed by atoms with E-state index >= 15 is 0 Å². The van der Waals surface area contributed by atoms with Crippen LogP contribution in [0.1, 0.15) is 20.8 Å². The summed E-state index contributed by atoms with van der Waals surface area (Å²) in [6, 6.07) is 0. The van der Waals surface area contributed by atoms with E-state index in [0.29, 0.717) is 0 Å². The summed E-state index contributed by atoms with van der Waals surface area (Å²) in [6.07, 6.45) is 1.82. The van der Waals surface area contributed by atoms with E-state index in [9.17, 15) is 4.39 Å². The molecular weight excluding hydrogens is 141 g/mol. The number of allylic oxidation sites excluding steroid dienone is 1. The van der Waals surface area contributed by atoms with Gasteiger partial charge in [0.25, 0.3) is 0 Å². The van der Waals surface area contributed by atoms with Crippen LogP contribution in [0.5, 0.6) is 0 Å². The summed E-state index contributed by atoms with van der Waals surface area (Å²) in [4.78, 5) is 1.95. The van der Waals surface area contributed by atoms with Gasteiger partial charge in [-0.25, -0.2) is 4.39 Å². The lowest BCUT2D eigenvalue weighted by molar-refractivity contribution is 0.419. The topological polar surface area (TPSA) is 3.24 Å². The van der Waals surface area contributed by atoms with Crippen molar-refractivity contribution in [1.29, 1.82) is 0 Å². The molecule has 0 amide bonds. The normalized spacial score (nSPS) is 11.0. The van der Waals surface area contributed by atoms with Gasteiger partial charge in [-0.2, -0.15) is 0 Å². The standard InChI is InChI=1S/C7H14FN.C2H6/c1-4-7(5-8)6-9(2)3;1-2/h4H,5-6H2,1-3H3;1-2H3/b7-4-;. The average Bonchev–Trinajstić information content (AvgIpc) is 2.03. The molecule has 0 saturated heterocycles. The van der Waals surface area contributed by atoms with Crippen molar-refractivity contribution in [3.8, 4) is 0 Å². The Morgan fingerprint density at radius 2 is 1.82 bits per heavy atom. The first kappa shape index (κ1) is 13.2. The second kappa shape index (κ2) is 9.63. The summed E-state index contributed by atoms with van der Waals surface area (Å²) in [5, 5.41) is 0. The Labute approximate surface area is 69.9 Å². The number of hydrogen-bond acceptors (Lipinski definition) is 1. The first-order chi connectivity index (χ1) is 5.20. The molecule has 68 valence electrons. The Morgan fingerprint density at radius 1 is 1.36 bits per heavy atom. The molecule has 0 atom stereocenters. The van der Waals surface area contributed by atoms with Crippen LogP contribution < -0.4 is 0 Å². The lowest BCUT2D eigenvalue weighted by atomic mass is 10.3. The fourth-order valence-corrected chi connectivity index (χ4v) is 0.617. The maximum absolute atomic E-state index is 11.9. The van der Waals surface area contributed by atoms with E-state index in [1.807, 2.05) is 45.8 Å². The smallest absolute Gasteiger partial charge is 0.112 e. The third kappa shape index (κ3) is 9.63. The van der Waals surface area contributed by atoms with Gasteiger partial charge in [0, 0.05) is 6.54 Å². The molecule has 0 aromatic carbocycles. The lowest BCUT2D eigenvalue weighted by Gasteiger charge is -2.09. The molecule has 0 aliphatic heterocycles. The number of alkyl halides is 1. The maximum Gasteiger partial charge on any atom is 0.112 e. The minimum atomic E-state index is -0.325. The first-order valence-electron chi connectivity index (χ1n) is 4.05. The van der Waals surface area contributed by atoms with Crippen LogP contribution in [0.15, 0.2) is 11.6 Å². The van der Waals surface area contributed by atoms with Crippen LogP contribution in [-0.4, -0.2) is 32.2 Å². The SMILES string of the molecule is C/C=C(/CF)CN(C)C.CC. The largest absolute Gasteiger partial charge is 0.305 e. The van der Waals surface area contributed by atoms with E-state index in [1.54, 1.807) is 0 Å². The van der Waals surface area contributed by atoms with Crippen LogP contribution >= 0.6 is 0 Å². The molecule has 11 heavy (non-hydrogen) atoms. The molecule has 0 spiro atoms. The highest BCUT2D eigenvalue weighted by Gasteiger charge is 1.94. The van der Waals surface area contributed by atoms with Gasteiger partial charge in [0.2, 0.25) is 0 Å². The Hall–Kier alpha value is -0.370. The van der Waals surface area contributed by atoms with Crippen molar-refractivity contribution in [2.45, 2.75) is 20.8 Å². The second-order valence-corrected chi connectivity index (χ2v) is 2.32. The summed E-state index contributed by atoms with van der Waals surface area (Å²) < 4.78 is 11.9. The minimum absolute atomic E-state index is 0.325. The maximum atomic E-state index is 11.9. The van der Waals surface area contributed by atoms with Crippen molar-refractivity contribution in [2.24, 2.45) is 0 Å². The highest BCUT2D eigenvalue weighted by atomic mass is 19.1. The van der Waals surface area contributed by atoms with E-state index < -0.39 is 0 Å². The van der Waals surface area contributed by atoms with Gasteiger partial charge in [0.15, 0.2) is 0 Å².